The predicted octanol–water partition coefficient (Wildman–Crippen LogP) is 3.37. The van der Waals surface area contributed by atoms with Gasteiger partial charge < -0.3 is 15.5 Å². The highest BCUT2D eigenvalue weighted by atomic mass is 16.2. The number of piperidine rings is 1. The zero-order chi connectivity index (χ0) is 18.5. The molecule has 0 aromatic heterocycles. The van der Waals surface area contributed by atoms with Gasteiger partial charge in [-0.25, -0.2) is 4.79 Å². The van der Waals surface area contributed by atoms with E-state index in [0.717, 1.165) is 45.2 Å². The molecule has 3 amide bonds. The van der Waals surface area contributed by atoms with Crippen molar-refractivity contribution in [2.45, 2.75) is 45.1 Å². The van der Waals surface area contributed by atoms with Crippen LogP contribution in [0.2, 0.25) is 0 Å². The van der Waals surface area contributed by atoms with Gasteiger partial charge in [-0.3, -0.25) is 4.79 Å². The number of amides is 3. The summed E-state index contributed by atoms with van der Waals surface area (Å²) in [7, 11) is 0. The molecule has 1 aromatic carbocycles. The number of rotatable bonds is 3. The van der Waals surface area contributed by atoms with E-state index in [1.165, 1.54) is 0 Å². The van der Waals surface area contributed by atoms with E-state index in [0.29, 0.717) is 17.2 Å². The maximum Gasteiger partial charge on any atom is 0.319 e. The van der Waals surface area contributed by atoms with E-state index in [1.54, 1.807) is 24.3 Å². The van der Waals surface area contributed by atoms with Crippen LogP contribution in [0.4, 0.5) is 10.5 Å². The van der Waals surface area contributed by atoms with Gasteiger partial charge in [0.1, 0.15) is 0 Å². The molecule has 1 heterocycles. The first-order valence-corrected chi connectivity index (χ1v) is 9.43. The molecule has 0 spiro atoms. The summed E-state index contributed by atoms with van der Waals surface area (Å²) in [6, 6.07) is 8.87. The SMILES string of the molecule is CC1CCN(C(=O)c2ccc(NC(=O)N[C@@H]3CCC[C@@H]3C#N)cc2)CC1. The lowest BCUT2D eigenvalue weighted by Gasteiger charge is -2.30. The van der Waals surface area contributed by atoms with E-state index in [-0.39, 0.29) is 23.9 Å². The van der Waals surface area contributed by atoms with Crippen LogP contribution in [-0.2, 0) is 0 Å². The number of benzene rings is 1. The summed E-state index contributed by atoms with van der Waals surface area (Å²) in [5.41, 5.74) is 1.28. The van der Waals surface area contributed by atoms with Gasteiger partial charge >= 0.3 is 6.03 Å². The Labute approximate surface area is 154 Å². The first-order chi connectivity index (χ1) is 12.6. The van der Waals surface area contributed by atoms with Crippen LogP contribution < -0.4 is 10.6 Å². The van der Waals surface area contributed by atoms with Gasteiger partial charge in [0, 0.05) is 30.4 Å². The average molecular weight is 354 g/mol. The Balaban J connectivity index is 1.53. The molecule has 0 bridgehead atoms. The van der Waals surface area contributed by atoms with Gasteiger partial charge in [0.05, 0.1) is 12.0 Å². The minimum atomic E-state index is -0.304. The largest absolute Gasteiger partial charge is 0.339 e. The molecular formula is C20H26N4O2. The highest BCUT2D eigenvalue weighted by Gasteiger charge is 2.28. The highest BCUT2D eigenvalue weighted by Crippen LogP contribution is 2.25. The Bertz CT molecular complexity index is 687. The molecule has 138 valence electrons. The quantitative estimate of drug-likeness (QED) is 0.872. The van der Waals surface area contributed by atoms with E-state index in [9.17, 15) is 9.59 Å². The average Bonchev–Trinajstić information content (AvgIpc) is 3.09. The molecule has 0 unspecified atom stereocenters. The van der Waals surface area contributed by atoms with Gasteiger partial charge in [-0.15, -0.1) is 0 Å². The van der Waals surface area contributed by atoms with E-state index in [2.05, 4.69) is 23.6 Å². The third-order valence-electron chi connectivity index (χ3n) is 5.46. The maximum atomic E-state index is 12.5. The van der Waals surface area contributed by atoms with Crippen LogP contribution in [0.1, 0.15) is 49.4 Å². The van der Waals surface area contributed by atoms with Gasteiger partial charge in [0.25, 0.3) is 5.91 Å². The zero-order valence-electron chi connectivity index (χ0n) is 15.2. The van der Waals surface area contributed by atoms with Crippen molar-refractivity contribution in [3.63, 3.8) is 0 Å². The van der Waals surface area contributed by atoms with Crippen molar-refractivity contribution < 1.29 is 9.59 Å². The fraction of sp³-hybridized carbons (Fsp3) is 0.550. The summed E-state index contributed by atoms with van der Waals surface area (Å²) in [6.45, 7) is 3.84. The fourth-order valence-electron chi connectivity index (χ4n) is 3.71. The molecule has 2 fully saturated rings. The van der Waals surface area contributed by atoms with Crippen LogP contribution in [0.3, 0.4) is 0 Å². The number of carbonyl (C=O) groups is 2. The van der Waals surface area contributed by atoms with E-state index in [1.807, 2.05) is 4.90 Å². The van der Waals surface area contributed by atoms with E-state index < -0.39 is 0 Å². The highest BCUT2D eigenvalue weighted by molar-refractivity contribution is 5.95. The first-order valence-electron chi connectivity index (χ1n) is 9.43. The number of anilines is 1. The standard InChI is InChI=1S/C20H26N4O2/c1-14-9-11-24(12-10-14)19(25)15-5-7-17(8-6-15)22-20(26)23-18-4-2-3-16(18)13-21/h5-8,14,16,18H,2-4,9-12H2,1H3,(H2,22,23,26)/t16-,18-/m1/s1. The zero-order valence-corrected chi connectivity index (χ0v) is 15.2. The van der Waals surface area contributed by atoms with Crippen LogP contribution in [-0.4, -0.2) is 36.0 Å². The number of likely N-dealkylation sites (tertiary alicyclic amines) is 1. The summed E-state index contributed by atoms with van der Waals surface area (Å²) < 4.78 is 0. The van der Waals surface area contributed by atoms with Crippen molar-refractivity contribution in [2.75, 3.05) is 18.4 Å². The summed E-state index contributed by atoms with van der Waals surface area (Å²) in [5.74, 6) is 0.633. The van der Waals surface area contributed by atoms with Crippen molar-refractivity contribution in [1.82, 2.24) is 10.2 Å². The minimum absolute atomic E-state index is 0.0516. The van der Waals surface area contributed by atoms with Crippen molar-refractivity contribution >= 4 is 17.6 Å². The second-order valence-electron chi connectivity index (χ2n) is 7.42. The van der Waals surface area contributed by atoms with Crippen molar-refractivity contribution in [3.05, 3.63) is 29.8 Å². The number of nitrogens with one attached hydrogen (secondary N) is 2. The van der Waals surface area contributed by atoms with Crippen LogP contribution in [0.15, 0.2) is 24.3 Å². The molecule has 1 aromatic rings. The van der Waals surface area contributed by atoms with Crippen LogP contribution >= 0.6 is 0 Å². The molecule has 26 heavy (non-hydrogen) atoms. The lowest BCUT2D eigenvalue weighted by molar-refractivity contribution is 0.0697. The second-order valence-corrected chi connectivity index (χ2v) is 7.42. The molecule has 6 nitrogen and oxygen atoms in total. The maximum absolute atomic E-state index is 12.5. The second kappa shape index (κ2) is 8.22. The number of carbonyl (C=O) groups excluding carboxylic acids is 2. The van der Waals surface area contributed by atoms with Crippen molar-refractivity contribution in [1.29, 1.82) is 5.26 Å². The molecule has 1 aliphatic carbocycles. The molecule has 2 N–H and O–H groups in total. The van der Waals surface area contributed by atoms with Crippen molar-refractivity contribution in [3.8, 4) is 6.07 Å². The number of hydrogen-bond donors (Lipinski definition) is 2. The fourth-order valence-corrected chi connectivity index (χ4v) is 3.71. The molecular weight excluding hydrogens is 328 g/mol. The molecule has 1 saturated carbocycles. The summed E-state index contributed by atoms with van der Waals surface area (Å²) >= 11 is 0. The van der Waals surface area contributed by atoms with Gasteiger partial charge in [0.2, 0.25) is 0 Å². The molecule has 6 heteroatoms. The van der Waals surface area contributed by atoms with Crippen molar-refractivity contribution in [2.24, 2.45) is 11.8 Å². The lowest BCUT2D eigenvalue weighted by Crippen LogP contribution is -2.39. The Hall–Kier alpha value is -2.55. The molecule has 3 rings (SSSR count). The monoisotopic (exact) mass is 354 g/mol. The molecule has 1 saturated heterocycles. The Morgan fingerprint density at radius 1 is 1.12 bits per heavy atom. The summed E-state index contributed by atoms with van der Waals surface area (Å²) in [6.07, 6.45) is 4.75. The summed E-state index contributed by atoms with van der Waals surface area (Å²) in [4.78, 5) is 26.6. The van der Waals surface area contributed by atoms with E-state index in [4.69, 9.17) is 5.26 Å². The lowest BCUT2D eigenvalue weighted by atomic mass is 9.98. The normalized spacial score (nSPS) is 23.3. The third-order valence-corrected chi connectivity index (χ3v) is 5.46. The molecule has 2 aliphatic rings. The first kappa shape index (κ1) is 18.2. The van der Waals surface area contributed by atoms with Gasteiger partial charge in [-0.1, -0.05) is 6.92 Å². The van der Waals surface area contributed by atoms with Gasteiger partial charge in [0.15, 0.2) is 0 Å². The number of nitriles is 1. The van der Waals surface area contributed by atoms with E-state index >= 15 is 0 Å². The Morgan fingerprint density at radius 2 is 1.81 bits per heavy atom. The number of urea groups is 1. The third kappa shape index (κ3) is 4.34. The summed E-state index contributed by atoms with van der Waals surface area (Å²) in [5, 5.41) is 14.7. The van der Waals surface area contributed by atoms with Gasteiger partial charge in [-0.2, -0.15) is 5.26 Å². The smallest absolute Gasteiger partial charge is 0.319 e. The molecule has 0 radical (unpaired) electrons. The Morgan fingerprint density at radius 3 is 2.46 bits per heavy atom. The minimum Gasteiger partial charge on any atom is -0.339 e. The number of nitrogens with zero attached hydrogens (tertiary/aromatic N) is 2. The Kier molecular flexibility index (Phi) is 5.77. The van der Waals surface area contributed by atoms with Crippen LogP contribution in [0, 0.1) is 23.2 Å². The molecule has 2 atom stereocenters. The predicted molar refractivity (Wildman–Crippen MR) is 99.6 cm³/mol. The molecule has 1 aliphatic heterocycles. The van der Waals surface area contributed by atoms with Crippen LogP contribution in [0.5, 0.6) is 0 Å². The van der Waals surface area contributed by atoms with Gasteiger partial charge in [-0.05, 0) is 62.3 Å². The van der Waals surface area contributed by atoms with Crippen LogP contribution in [0.25, 0.3) is 0 Å². The topological polar surface area (TPSA) is 85.2 Å². The number of hydrogen-bond acceptors (Lipinski definition) is 3.